The zero-order valence-corrected chi connectivity index (χ0v) is 12.6. The number of nitro groups is 1. The molecular weight excluding hydrogens is 268 g/mol. The van der Waals surface area contributed by atoms with Gasteiger partial charge in [-0.1, -0.05) is 32.0 Å². The number of hydrogen-bond acceptors (Lipinski definition) is 4. The van der Waals surface area contributed by atoms with Gasteiger partial charge >= 0.3 is 5.88 Å². The molecule has 1 heterocycles. The maximum absolute atomic E-state index is 10.8. The van der Waals surface area contributed by atoms with Gasteiger partial charge in [-0.2, -0.15) is 0 Å². The van der Waals surface area contributed by atoms with E-state index in [1.165, 1.54) is 17.2 Å². The summed E-state index contributed by atoms with van der Waals surface area (Å²) in [7, 11) is 1.83. The summed E-state index contributed by atoms with van der Waals surface area (Å²) in [5, 5.41) is 14.0. The minimum absolute atomic E-state index is 0.180. The molecule has 1 aromatic carbocycles. The van der Waals surface area contributed by atoms with Crippen molar-refractivity contribution in [1.29, 1.82) is 0 Å². The normalized spacial score (nSPS) is 12.3. The summed E-state index contributed by atoms with van der Waals surface area (Å²) < 4.78 is 5.36. The van der Waals surface area contributed by atoms with Crippen LogP contribution < -0.4 is 5.32 Å². The second-order valence-corrected chi connectivity index (χ2v) is 4.90. The van der Waals surface area contributed by atoms with Gasteiger partial charge in [0.1, 0.15) is 10.7 Å². The summed E-state index contributed by atoms with van der Waals surface area (Å²) in [5.41, 5.74) is 3.57. The fourth-order valence-corrected chi connectivity index (χ4v) is 2.50. The van der Waals surface area contributed by atoms with E-state index in [2.05, 4.69) is 37.4 Å². The molecule has 0 saturated heterocycles. The van der Waals surface area contributed by atoms with Gasteiger partial charge in [0.05, 0.1) is 12.1 Å². The van der Waals surface area contributed by atoms with Gasteiger partial charge in [-0.15, -0.1) is 0 Å². The molecule has 1 atom stereocenters. The van der Waals surface area contributed by atoms with Crippen molar-refractivity contribution in [3.05, 3.63) is 62.9 Å². The van der Waals surface area contributed by atoms with Crippen LogP contribution in [-0.4, -0.2) is 12.0 Å². The zero-order chi connectivity index (χ0) is 15.4. The summed E-state index contributed by atoms with van der Waals surface area (Å²) in [4.78, 5) is 10.3. The first kappa shape index (κ1) is 15.3. The summed E-state index contributed by atoms with van der Waals surface area (Å²) in [6, 6.07) is 9.27. The zero-order valence-electron chi connectivity index (χ0n) is 12.6. The summed E-state index contributed by atoms with van der Waals surface area (Å²) in [6.45, 7) is 4.21. The highest BCUT2D eigenvalue weighted by Gasteiger charge is 2.22. The van der Waals surface area contributed by atoms with E-state index in [-0.39, 0.29) is 11.9 Å². The van der Waals surface area contributed by atoms with E-state index in [9.17, 15) is 10.1 Å². The van der Waals surface area contributed by atoms with E-state index in [0.29, 0.717) is 5.76 Å². The van der Waals surface area contributed by atoms with E-state index in [1.54, 1.807) is 6.07 Å². The summed E-state index contributed by atoms with van der Waals surface area (Å²) in [6.07, 6.45) is 1.85. The molecular formula is C16H20N2O3. The van der Waals surface area contributed by atoms with Crippen molar-refractivity contribution < 1.29 is 9.34 Å². The smallest absolute Gasteiger partial charge is 0.404 e. The highest BCUT2D eigenvalue weighted by atomic mass is 16.6. The van der Waals surface area contributed by atoms with Gasteiger partial charge in [0, 0.05) is 0 Å². The van der Waals surface area contributed by atoms with Crippen LogP contribution in [0.25, 0.3) is 0 Å². The topological polar surface area (TPSA) is 68.3 Å². The number of nitrogens with one attached hydrogen (secondary N) is 1. The Morgan fingerprint density at radius 1 is 1.24 bits per heavy atom. The molecule has 1 unspecified atom stereocenters. The van der Waals surface area contributed by atoms with Gasteiger partial charge in [-0.25, -0.2) is 0 Å². The van der Waals surface area contributed by atoms with Crippen LogP contribution in [0.3, 0.4) is 0 Å². The average Bonchev–Trinajstić information content (AvgIpc) is 2.98. The fourth-order valence-electron chi connectivity index (χ4n) is 2.50. The SMILES string of the molecule is CCc1ccc(CC)c(C(NC)c2ccc([N+](=O)[O-])o2)c1. The molecule has 1 aromatic heterocycles. The average molecular weight is 288 g/mol. The lowest BCUT2D eigenvalue weighted by Gasteiger charge is -2.18. The van der Waals surface area contributed by atoms with Crippen LogP contribution in [0.15, 0.2) is 34.7 Å². The molecule has 2 rings (SSSR count). The second kappa shape index (κ2) is 6.54. The van der Waals surface area contributed by atoms with E-state index in [4.69, 9.17) is 4.42 Å². The Hall–Kier alpha value is -2.14. The van der Waals surface area contributed by atoms with Crippen LogP contribution in [0.1, 0.15) is 42.3 Å². The maximum atomic E-state index is 10.8. The second-order valence-electron chi connectivity index (χ2n) is 4.90. The standard InChI is InChI=1S/C16H20N2O3/c1-4-11-6-7-12(5-2)13(10-11)16(17-3)14-8-9-15(21-14)18(19)20/h6-10,16-17H,4-5H2,1-3H3. The highest BCUT2D eigenvalue weighted by Crippen LogP contribution is 2.29. The minimum atomic E-state index is -0.514. The fraction of sp³-hybridized carbons (Fsp3) is 0.375. The molecule has 5 nitrogen and oxygen atoms in total. The third-order valence-electron chi connectivity index (χ3n) is 3.68. The number of rotatable bonds is 6. The van der Waals surface area contributed by atoms with Crippen molar-refractivity contribution >= 4 is 5.88 Å². The Bertz CT molecular complexity index is 634. The van der Waals surface area contributed by atoms with Crippen LogP contribution >= 0.6 is 0 Å². The lowest BCUT2D eigenvalue weighted by molar-refractivity contribution is -0.402. The quantitative estimate of drug-likeness (QED) is 0.651. The van der Waals surface area contributed by atoms with E-state index in [1.807, 2.05) is 7.05 Å². The third kappa shape index (κ3) is 3.13. The lowest BCUT2D eigenvalue weighted by atomic mass is 9.94. The Morgan fingerprint density at radius 2 is 2.00 bits per heavy atom. The summed E-state index contributed by atoms with van der Waals surface area (Å²) in [5.74, 6) is 0.335. The first-order chi connectivity index (χ1) is 10.1. The largest absolute Gasteiger partial charge is 0.433 e. The molecule has 0 aliphatic rings. The molecule has 0 fully saturated rings. The molecule has 5 heteroatoms. The first-order valence-corrected chi connectivity index (χ1v) is 7.13. The number of benzene rings is 1. The van der Waals surface area contributed by atoms with Gasteiger partial charge in [0.2, 0.25) is 0 Å². The number of aryl methyl sites for hydroxylation is 2. The highest BCUT2D eigenvalue weighted by molar-refractivity contribution is 5.39. The molecule has 21 heavy (non-hydrogen) atoms. The van der Waals surface area contributed by atoms with Gasteiger partial charge in [0.25, 0.3) is 0 Å². The Morgan fingerprint density at radius 3 is 2.52 bits per heavy atom. The third-order valence-corrected chi connectivity index (χ3v) is 3.68. The van der Waals surface area contributed by atoms with Crippen molar-refractivity contribution in [2.45, 2.75) is 32.7 Å². The molecule has 0 spiro atoms. The van der Waals surface area contributed by atoms with E-state index in [0.717, 1.165) is 18.4 Å². The predicted octanol–water partition coefficient (Wildman–Crippen LogP) is 3.62. The van der Waals surface area contributed by atoms with Crippen molar-refractivity contribution in [2.75, 3.05) is 7.05 Å². The van der Waals surface area contributed by atoms with Crippen molar-refractivity contribution in [3.8, 4) is 0 Å². The van der Waals surface area contributed by atoms with E-state index >= 15 is 0 Å². The maximum Gasteiger partial charge on any atom is 0.433 e. The molecule has 0 saturated carbocycles. The number of hydrogen-bond donors (Lipinski definition) is 1. The van der Waals surface area contributed by atoms with Crippen LogP contribution in [0.5, 0.6) is 0 Å². The van der Waals surface area contributed by atoms with Gasteiger partial charge in [-0.3, -0.25) is 10.1 Å². The first-order valence-electron chi connectivity index (χ1n) is 7.13. The molecule has 0 bridgehead atoms. The minimum Gasteiger partial charge on any atom is -0.404 e. The Kier molecular flexibility index (Phi) is 4.75. The lowest BCUT2D eigenvalue weighted by Crippen LogP contribution is -2.19. The van der Waals surface area contributed by atoms with Crippen LogP contribution in [-0.2, 0) is 12.8 Å². The van der Waals surface area contributed by atoms with Crippen LogP contribution in [0.2, 0.25) is 0 Å². The monoisotopic (exact) mass is 288 g/mol. The molecule has 112 valence electrons. The number of furan rings is 1. The molecule has 2 aromatic rings. The van der Waals surface area contributed by atoms with Gasteiger partial charge in [-0.05, 0) is 42.6 Å². The van der Waals surface area contributed by atoms with Gasteiger partial charge < -0.3 is 9.73 Å². The Balaban J connectivity index is 2.46. The summed E-state index contributed by atoms with van der Waals surface area (Å²) >= 11 is 0. The number of nitrogens with zero attached hydrogens (tertiary/aromatic N) is 1. The van der Waals surface area contributed by atoms with Crippen LogP contribution in [0.4, 0.5) is 5.88 Å². The van der Waals surface area contributed by atoms with Crippen molar-refractivity contribution in [3.63, 3.8) is 0 Å². The van der Waals surface area contributed by atoms with Crippen LogP contribution in [0, 0.1) is 10.1 Å². The van der Waals surface area contributed by atoms with Crippen molar-refractivity contribution in [1.82, 2.24) is 5.32 Å². The van der Waals surface area contributed by atoms with E-state index < -0.39 is 4.92 Å². The van der Waals surface area contributed by atoms with Gasteiger partial charge in [0.15, 0.2) is 0 Å². The predicted molar refractivity (Wildman–Crippen MR) is 81.5 cm³/mol. The Labute approximate surface area is 124 Å². The molecule has 1 N–H and O–H groups in total. The van der Waals surface area contributed by atoms with Crippen molar-refractivity contribution in [2.24, 2.45) is 0 Å². The molecule has 0 aliphatic carbocycles. The molecule has 0 radical (unpaired) electrons. The molecule has 0 amide bonds. The molecule has 0 aliphatic heterocycles.